The summed E-state index contributed by atoms with van der Waals surface area (Å²) >= 11 is 0. The molecule has 1 aromatic carbocycles. The van der Waals surface area contributed by atoms with E-state index in [4.69, 9.17) is 9.47 Å². The summed E-state index contributed by atoms with van der Waals surface area (Å²) in [6.07, 6.45) is 0.543. The summed E-state index contributed by atoms with van der Waals surface area (Å²) in [6, 6.07) is 9.57. The van der Waals surface area contributed by atoms with E-state index in [1.54, 1.807) is 4.90 Å². The number of hydrogen-bond donors (Lipinski definition) is 0. The molecule has 0 aliphatic carbocycles. The highest BCUT2D eigenvalue weighted by Gasteiger charge is 2.66. The number of benzene rings is 1. The average molecular weight is 303 g/mol. The molecule has 0 aromatic heterocycles. The third-order valence-electron chi connectivity index (χ3n) is 4.15. The van der Waals surface area contributed by atoms with E-state index in [-0.39, 0.29) is 5.97 Å². The van der Waals surface area contributed by atoms with E-state index in [1.165, 1.54) is 0 Å². The van der Waals surface area contributed by atoms with Crippen LogP contribution in [0, 0.1) is 0 Å². The lowest BCUT2D eigenvalue weighted by atomic mass is 9.80. The minimum atomic E-state index is -0.899. The van der Waals surface area contributed by atoms with Crippen molar-refractivity contribution in [3.8, 4) is 0 Å². The van der Waals surface area contributed by atoms with Crippen LogP contribution in [0.1, 0.15) is 45.3 Å². The second kappa shape index (κ2) is 5.00. The zero-order valence-corrected chi connectivity index (χ0v) is 13.2. The zero-order valence-electron chi connectivity index (χ0n) is 13.2. The Kier molecular flexibility index (Phi) is 3.38. The topological polar surface area (TPSA) is 55.8 Å². The van der Waals surface area contributed by atoms with Crippen molar-refractivity contribution in [2.75, 3.05) is 6.54 Å². The Morgan fingerprint density at radius 3 is 2.59 bits per heavy atom. The Morgan fingerprint density at radius 1 is 1.32 bits per heavy atom. The first-order valence-corrected chi connectivity index (χ1v) is 7.61. The quantitative estimate of drug-likeness (QED) is 0.748. The van der Waals surface area contributed by atoms with Crippen molar-refractivity contribution in [2.45, 2.75) is 50.9 Å². The summed E-state index contributed by atoms with van der Waals surface area (Å²) < 4.78 is 10.8. The van der Waals surface area contributed by atoms with Gasteiger partial charge in [0.25, 0.3) is 0 Å². The molecule has 1 aromatic rings. The van der Waals surface area contributed by atoms with Gasteiger partial charge >= 0.3 is 12.1 Å². The molecule has 22 heavy (non-hydrogen) atoms. The molecule has 2 atom stereocenters. The fourth-order valence-corrected chi connectivity index (χ4v) is 3.22. The number of carbonyl (C=O) groups is 2. The predicted molar refractivity (Wildman–Crippen MR) is 80.2 cm³/mol. The number of cyclic esters (lactones) is 1. The minimum absolute atomic E-state index is 0.329. The molecule has 118 valence electrons. The lowest BCUT2D eigenvalue weighted by Gasteiger charge is -2.49. The van der Waals surface area contributed by atoms with E-state index < -0.39 is 23.3 Å². The fourth-order valence-electron chi connectivity index (χ4n) is 3.22. The van der Waals surface area contributed by atoms with E-state index in [2.05, 4.69) is 0 Å². The minimum Gasteiger partial charge on any atom is -0.452 e. The third kappa shape index (κ3) is 2.25. The highest BCUT2D eigenvalue weighted by molar-refractivity contribution is 5.92. The van der Waals surface area contributed by atoms with Gasteiger partial charge in [-0.05, 0) is 39.2 Å². The van der Waals surface area contributed by atoms with Crippen molar-refractivity contribution in [2.24, 2.45) is 0 Å². The van der Waals surface area contributed by atoms with Gasteiger partial charge in [-0.15, -0.1) is 0 Å². The number of carbonyl (C=O) groups excluding carboxylic acids is 2. The third-order valence-corrected chi connectivity index (χ3v) is 4.15. The summed E-state index contributed by atoms with van der Waals surface area (Å²) in [6.45, 7) is 5.98. The monoisotopic (exact) mass is 303 g/mol. The Labute approximate surface area is 130 Å². The SMILES string of the molecule is CC(C)(C)OC(=O)N1CCC[C@@]12C(=O)O[C@@H]2c1ccccc1. The summed E-state index contributed by atoms with van der Waals surface area (Å²) in [5, 5.41) is 0. The molecule has 5 nitrogen and oxygen atoms in total. The van der Waals surface area contributed by atoms with Crippen LogP contribution in [0.2, 0.25) is 0 Å². The molecule has 2 aliphatic heterocycles. The first-order chi connectivity index (χ1) is 10.3. The molecule has 1 amide bonds. The maximum atomic E-state index is 12.5. The van der Waals surface area contributed by atoms with Gasteiger partial charge in [0.05, 0.1) is 0 Å². The number of likely N-dealkylation sites (tertiary alicyclic amines) is 1. The van der Waals surface area contributed by atoms with Gasteiger partial charge in [0, 0.05) is 6.54 Å². The number of amides is 1. The summed E-state index contributed by atoms with van der Waals surface area (Å²) in [7, 11) is 0. The smallest absolute Gasteiger partial charge is 0.411 e. The molecule has 2 aliphatic rings. The molecule has 0 bridgehead atoms. The number of hydrogen-bond acceptors (Lipinski definition) is 4. The molecule has 2 fully saturated rings. The van der Waals surface area contributed by atoms with Gasteiger partial charge < -0.3 is 9.47 Å². The van der Waals surface area contributed by atoms with E-state index in [0.29, 0.717) is 13.0 Å². The normalized spacial score (nSPS) is 27.5. The van der Waals surface area contributed by atoms with Crippen LogP contribution in [-0.2, 0) is 14.3 Å². The molecule has 0 unspecified atom stereocenters. The predicted octanol–water partition coefficient (Wildman–Crippen LogP) is 3.05. The van der Waals surface area contributed by atoms with Crippen molar-refractivity contribution in [1.82, 2.24) is 4.90 Å². The van der Waals surface area contributed by atoms with Crippen molar-refractivity contribution in [1.29, 1.82) is 0 Å². The molecule has 5 heteroatoms. The Hall–Kier alpha value is -2.04. The Morgan fingerprint density at radius 2 is 2.00 bits per heavy atom. The van der Waals surface area contributed by atoms with Gasteiger partial charge in [0.1, 0.15) is 5.60 Å². The molecular formula is C17H21NO4. The highest BCUT2D eigenvalue weighted by atomic mass is 16.6. The number of esters is 1. The second-order valence-corrected chi connectivity index (χ2v) is 6.86. The van der Waals surface area contributed by atoms with E-state index in [1.807, 2.05) is 51.1 Å². The highest BCUT2D eigenvalue weighted by Crippen LogP contribution is 2.51. The lowest BCUT2D eigenvalue weighted by Crippen LogP contribution is -2.66. The summed E-state index contributed by atoms with van der Waals surface area (Å²) in [5.74, 6) is -0.329. The van der Waals surface area contributed by atoms with Crippen molar-refractivity contribution >= 4 is 12.1 Å². The summed E-state index contributed by atoms with van der Waals surface area (Å²) in [4.78, 5) is 26.3. The standard InChI is InChI=1S/C17H21NO4/c1-16(2,3)22-15(20)18-11-7-10-17(18)13(21-14(17)19)12-8-5-4-6-9-12/h4-6,8-9,13H,7,10-11H2,1-3H3/t13-,17-/m1/s1. The molecular weight excluding hydrogens is 282 g/mol. The number of rotatable bonds is 1. The van der Waals surface area contributed by atoms with Crippen LogP contribution in [0.25, 0.3) is 0 Å². The van der Waals surface area contributed by atoms with Crippen LogP contribution in [0.3, 0.4) is 0 Å². The van der Waals surface area contributed by atoms with Crippen LogP contribution in [0.4, 0.5) is 4.79 Å². The largest absolute Gasteiger partial charge is 0.452 e. The number of nitrogens with zero attached hydrogens (tertiary/aromatic N) is 1. The Balaban J connectivity index is 1.89. The average Bonchev–Trinajstić information content (AvgIpc) is 2.91. The van der Waals surface area contributed by atoms with Crippen molar-refractivity contribution < 1.29 is 19.1 Å². The molecule has 0 radical (unpaired) electrons. The fraction of sp³-hybridized carbons (Fsp3) is 0.529. The Bertz CT molecular complexity index is 592. The first-order valence-electron chi connectivity index (χ1n) is 7.61. The van der Waals surface area contributed by atoms with Crippen molar-refractivity contribution in [3.05, 3.63) is 35.9 Å². The molecule has 0 saturated carbocycles. The van der Waals surface area contributed by atoms with Gasteiger partial charge in [0.15, 0.2) is 11.6 Å². The lowest BCUT2D eigenvalue weighted by molar-refractivity contribution is -0.207. The van der Waals surface area contributed by atoms with Gasteiger partial charge in [-0.25, -0.2) is 9.59 Å². The van der Waals surface area contributed by atoms with Crippen LogP contribution in [0.5, 0.6) is 0 Å². The zero-order chi connectivity index (χ0) is 16.0. The van der Waals surface area contributed by atoms with Gasteiger partial charge in [-0.3, -0.25) is 4.90 Å². The van der Waals surface area contributed by atoms with Crippen molar-refractivity contribution in [3.63, 3.8) is 0 Å². The van der Waals surface area contributed by atoms with E-state index in [0.717, 1.165) is 12.0 Å². The molecule has 2 saturated heterocycles. The second-order valence-electron chi connectivity index (χ2n) is 6.86. The first kappa shape index (κ1) is 14.9. The maximum absolute atomic E-state index is 12.5. The molecule has 0 N–H and O–H groups in total. The van der Waals surface area contributed by atoms with Crippen LogP contribution < -0.4 is 0 Å². The van der Waals surface area contributed by atoms with Crippen LogP contribution in [-0.4, -0.2) is 34.6 Å². The molecule has 1 spiro atoms. The van der Waals surface area contributed by atoms with Gasteiger partial charge in [-0.1, -0.05) is 30.3 Å². The van der Waals surface area contributed by atoms with Gasteiger partial charge in [-0.2, -0.15) is 0 Å². The summed E-state index contributed by atoms with van der Waals surface area (Å²) in [5.41, 5.74) is -0.571. The van der Waals surface area contributed by atoms with Crippen LogP contribution >= 0.6 is 0 Å². The van der Waals surface area contributed by atoms with E-state index in [9.17, 15) is 9.59 Å². The number of ether oxygens (including phenoxy) is 2. The molecule has 2 heterocycles. The maximum Gasteiger partial charge on any atom is 0.411 e. The van der Waals surface area contributed by atoms with Gasteiger partial charge in [0.2, 0.25) is 0 Å². The van der Waals surface area contributed by atoms with Crippen LogP contribution in [0.15, 0.2) is 30.3 Å². The molecule has 3 rings (SSSR count). The van der Waals surface area contributed by atoms with E-state index >= 15 is 0 Å².